The van der Waals surface area contributed by atoms with E-state index < -0.39 is 0 Å². The predicted molar refractivity (Wildman–Crippen MR) is 109 cm³/mol. The van der Waals surface area contributed by atoms with Gasteiger partial charge in [0.15, 0.2) is 0 Å². The molecular formula is C22H22N4O2. The predicted octanol–water partition coefficient (Wildman–Crippen LogP) is 4.57. The summed E-state index contributed by atoms with van der Waals surface area (Å²) in [7, 11) is 3.34. The van der Waals surface area contributed by atoms with Gasteiger partial charge in [0.1, 0.15) is 11.5 Å². The van der Waals surface area contributed by atoms with Gasteiger partial charge in [-0.25, -0.2) is 9.97 Å². The van der Waals surface area contributed by atoms with Crippen molar-refractivity contribution in [2.24, 2.45) is 0 Å². The lowest BCUT2D eigenvalue weighted by Crippen LogP contribution is -2.09. The first-order chi connectivity index (χ1) is 13.7. The molecule has 0 unspecified atom stereocenters. The second-order valence-corrected chi connectivity index (χ2v) is 6.46. The van der Waals surface area contributed by atoms with Gasteiger partial charge >= 0.3 is 0 Å². The monoisotopic (exact) mass is 374 g/mol. The van der Waals surface area contributed by atoms with Crippen LogP contribution < -0.4 is 9.47 Å². The Morgan fingerprint density at radius 1 is 1.04 bits per heavy atom. The highest BCUT2D eigenvalue weighted by Crippen LogP contribution is 2.37. The average molecular weight is 374 g/mol. The van der Waals surface area contributed by atoms with Gasteiger partial charge in [0.05, 0.1) is 56.2 Å². The fraction of sp³-hybridized carbons (Fsp3) is 0.182. The van der Waals surface area contributed by atoms with E-state index in [0.717, 1.165) is 39.7 Å². The van der Waals surface area contributed by atoms with Crippen LogP contribution in [0, 0.1) is 0 Å². The molecular weight excluding hydrogens is 352 g/mol. The van der Waals surface area contributed by atoms with Gasteiger partial charge in [-0.05, 0) is 25.1 Å². The number of methoxy groups -OCH3 is 2. The second kappa shape index (κ2) is 7.60. The van der Waals surface area contributed by atoms with Gasteiger partial charge in [-0.3, -0.25) is 0 Å². The topological polar surface area (TPSA) is 65.0 Å². The molecule has 0 radical (unpaired) electrons. The number of aromatic nitrogens is 4. The minimum Gasteiger partial charge on any atom is -0.497 e. The third-order valence-corrected chi connectivity index (χ3v) is 4.90. The number of hydrogen-bond donors (Lipinski definition) is 1. The van der Waals surface area contributed by atoms with Crippen LogP contribution in [-0.2, 0) is 0 Å². The standard InChI is InChI=1S/C22H22N4O2/c1-15(18-11-17(27-2)9-10-20(18)28-3)26-14-25-21(16-7-5-4-6-8-16)22(26)19-12-23-13-24-19/h4-15H,1-3H3,(H,23,24)/t15-/m0/s1. The minimum atomic E-state index is -0.0340. The van der Waals surface area contributed by atoms with E-state index in [9.17, 15) is 0 Å². The normalized spacial score (nSPS) is 12.0. The molecule has 0 saturated heterocycles. The zero-order chi connectivity index (χ0) is 19.5. The quantitative estimate of drug-likeness (QED) is 0.537. The van der Waals surface area contributed by atoms with E-state index >= 15 is 0 Å². The van der Waals surface area contributed by atoms with Crippen molar-refractivity contribution in [2.75, 3.05) is 14.2 Å². The number of ether oxygens (including phenoxy) is 2. The van der Waals surface area contributed by atoms with Gasteiger partial charge in [-0.1, -0.05) is 30.3 Å². The van der Waals surface area contributed by atoms with Crippen molar-refractivity contribution in [1.29, 1.82) is 0 Å². The highest BCUT2D eigenvalue weighted by Gasteiger charge is 2.22. The largest absolute Gasteiger partial charge is 0.497 e. The van der Waals surface area contributed by atoms with Gasteiger partial charge in [0.25, 0.3) is 0 Å². The van der Waals surface area contributed by atoms with Crippen LogP contribution in [0.5, 0.6) is 11.5 Å². The lowest BCUT2D eigenvalue weighted by Gasteiger charge is -2.20. The first-order valence-electron chi connectivity index (χ1n) is 9.06. The number of rotatable bonds is 6. The summed E-state index contributed by atoms with van der Waals surface area (Å²) in [4.78, 5) is 12.2. The number of nitrogens with one attached hydrogen (secondary N) is 1. The molecule has 6 heteroatoms. The fourth-order valence-electron chi connectivity index (χ4n) is 3.43. The van der Waals surface area contributed by atoms with Crippen LogP contribution in [0.1, 0.15) is 18.5 Å². The molecule has 0 spiro atoms. The van der Waals surface area contributed by atoms with Crippen molar-refractivity contribution in [1.82, 2.24) is 19.5 Å². The van der Waals surface area contributed by atoms with Gasteiger partial charge < -0.3 is 19.0 Å². The molecule has 142 valence electrons. The molecule has 0 aliphatic rings. The molecule has 0 fully saturated rings. The summed E-state index contributed by atoms with van der Waals surface area (Å²) in [6, 6.07) is 15.9. The van der Waals surface area contributed by atoms with E-state index in [1.807, 2.05) is 48.9 Å². The van der Waals surface area contributed by atoms with Crippen LogP contribution in [0.4, 0.5) is 0 Å². The molecule has 2 aromatic heterocycles. The highest BCUT2D eigenvalue weighted by atomic mass is 16.5. The molecule has 0 aliphatic heterocycles. The molecule has 1 atom stereocenters. The molecule has 0 amide bonds. The zero-order valence-corrected chi connectivity index (χ0v) is 16.1. The third kappa shape index (κ3) is 3.13. The van der Waals surface area contributed by atoms with Crippen LogP contribution in [0.25, 0.3) is 22.6 Å². The lowest BCUT2D eigenvalue weighted by molar-refractivity contribution is 0.393. The summed E-state index contributed by atoms with van der Waals surface area (Å²) in [6.07, 6.45) is 5.36. The second-order valence-electron chi connectivity index (χ2n) is 6.46. The highest BCUT2D eigenvalue weighted by molar-refractivity contribution is 5.76. The van der Waals surface area contributed by atoms with Crippen molar-refractivity contribution in [2.45, 2.75) is 13.0 Å². The van der Waals surface area contributed by atoms with Crippen LogP contribution in [0.15, 0.2) is 67.4 Å². The summed E-state index contributed by atoms with van der Waals surface area (Å²) >= 11 is 0. The zero-order valence-electron chi connectivity index (χ0n) is 16.1. The smallest absolute Gasteiger partial charge is 0.124 e. The van der Waals surface area contributed by atoms with Crippen molar-refractivity contribution < 1.29 is 9.47 Å². The molecule has 4 rings (SSSR count). The first kappa shape index (κ1) is 17.9. The lowest BCUT2D eigenvalue weighted by atomic mass is 10.0. The summed E-state index contributed by atoms with van der Waals surface area (Å²) < 4.78 is 13.2. The molecule has 0 aliphatic carbocycles. The van der Waals surface area contributed by atoms with Crippen molar-refractivity contribution in [3.63, 3.8) is 0 Å². The number of aromatic amines is 1. The summed E-state index contributed by atoms with van der Waals surface area (Å²) in [5.41, 5.74) is 4.85. The van der Waals surface area contributed by atoms with Crippen molar-refractivity contribution >= 4 is 0 Å². The molecule has 1 N–H and O–H groups in total. The van der Waals surface area contributed by atoms with Gasteiger partial charge in [0, 0.05) is 11.1 Å². The Kier molecular flexibility index (Phi) is 4.85. The Bertz CT molecular complexity index is 1060. The van der Waals surface area contributed by atoms with Gasteiger partial charge in [0.2, 0.25) is 0 Å². The molecule has 28 heavy (non-hydrogen) atoms. The number of hydrogen-bond acceptors (Lipinski definition) is 4. The summed E-state index contributed by atoms with van der Waals surface area (Å²) in [6.45, 7) is 2.12. The van der Waals surface area contributed by atoms with Crippen LogP contribution >= 0.6 is 0 Å². The molecule has 2 heterocycles. The number of benzene rings is 2. The molecule has 0 saturated carbocycles. The Labute approximate surface area is 163 Å². The Balaban J connectivity index is 1.88. The molecule has 4 aromatic rings. The summed E-state index contributed by atoms with van der Waals surface area (Å²) in [5, 5.41) is 0. The maximum Gasteiger partial charge on any atom is 0.124 e. The number of imidazole rings is 2. The molecule has 6 nitrogen and oxygen atoms in total. The van der Waals surface area contributed by atoms with Crippen LogP contribution in [-0.4, -0.2) is 33.7 Å². The van der Waals surface area contributed by atoms with E-state index in [-0.39, 0.29) is 6.04 Å². The number of nitrogens with zero attached hydrogens (tertiary/aromatic N) is 3. The van der Waals surface area contributed by atoms with Gasteiger partial charge in [-0.15, -0.1) is 0 Å². The minimum absolute atomic E-state index is 0.0340. The first-order valence-corrected chi connectivity index (χ1v) is 9.06. The third-order valence-electron chi connectivity index (χ3n) is 4.90. The van der Waals surface area contributed by atoms with Gasteiger partial charge in [-0.2, -0.15) is 0 Å². The van der Waals surface area contributed by atoms with E-state index in [1.54, 1.807) is 20.5 Å². The van der Waals surface area contributed by atoms with Crippen molar-refractivity contribution in [3.8, 4) is 34.1 Å². The van der Waals surface area contributed by atoms with Crippen molar-refractivity contribution in [3.05, 3.63) is 72.9 Å². The van der Waals surface area contributed by atoms with E-state index in [0.29, 0.717) is 0 Å². The van der Waals surface area contributed by atoms with E-state index in [4.69, 9.17) is 14.5 Å². The maximum atomic E-state index is 5.60. The molecule has 2 aromatic carbocycles. The Morgan fingerprint density at radius 3 is 2.54 bits per heavy atom. The SMILES string of the molecule is COc1ccc(OC)c([C@H](C)n2cnc(-c3ccccc3)c2-c2cnc[nH]2)c1. The Hall–Kier alpha value is -3.54. The van der Waals surface area contributed by atoms with E-state index in [2.05, 4.69) is 33.6 Å². The van der Waals surface area contributed by atoms with Crippen LogP contribution in [0.2, 0.25) is 0 Å². The summed E-state index contributed by atoms with van der Waals surface area (Å²) in [5.74, 6) is 1.59. The average Bonchev–Trinajstić information content (AvgIpc) is 3.42. The molecule has 0 bridgehead atoms. The maximum absolute atomic E-state index is 5.60. The fourth-order valence-corrected chi connectivity index (χ4v) is 3.43. The number of H-pyrrole nitrogens is 1. The van der Waals surface area contributed by atoms with Crippen LogP contribution in [0.3, 0.4) is 0 Å². The van der Waals surface area contributed by atoms with E-state index in [1.165, 1.54) is 0 Å². The Morgan fingerprint density at radius 2 is 1.86 bits per heavy atom.